The van der Waals surface area contributed by atoms with Crippen LogP contribution in [0.1, 0.15) is 28.9 Å². The molecular weight excluding hydrogens is 543 g/mol. The zero-order valence-corrected chi connectivity index (χ0v) is 22.2. The molecule has 1 aromatic carbocycles. The number of halogens is 3. The fraction of sp³-hybridized carbons (Fsp3) is 0.259. The van der Waals surface area contributed by atoms with Crippen LogP contribution in [0.2, 0.25) is 0 Å². The van der Waals surface area contributed by atoms with E-state index >= 15 is 0 Å². The standard InChI is InChI=1S/C27H26F3N7O2S/c1-35-12-10-24(34-35)40-37(39)36-13-9-20-14-23(33-21-7-5-19(6-8-21)27(28,29)30)18(16-31)15-26(20,17-36)25(38)22-4-2-3-11-32-22/h2-8,10-12,14,16,39H,9,13,15,17,31H2,1H3. The number of rotatable bonds is 6. The Morgan fingerprint density at radius 2 is 2.00 bits per heavy atom. The summed E-state index contributed by atoms with van der Waals surface area (Å²) in [6.45, 7) is 0.532. The van der Waals surface area contributed by atoms with Crippen molar-refractivity contribution in [3.63, 3.8) is 0 Å². The van der Waals surface area contributed by atoms with Crippen LogP contribution in [0.3, 0.4) is 0 Å². The smallest absolute Gasteiger partial charge is 0.404 e. The Morgan fingerprint density at radius 1 is 1.23 bits per heavy atom. The number of fused-ring (bicyclic) bond motifs is 1. The van der Waals surface area contributed by atoms with Gasteiger partial charge >= 0.3 is 6.18 Å². The minimum absolute atomic E-state index is 0.134. The van der Waals surface area contributed by atoms with E-state index in [1.54, 1.807) is 59.5 Å². The molecule has 3 aromatic rings. The number of hydrazine groups is 1. The molecule has 9 nitrogen and oxygen atoms in total. The highest BCUT2D eigenvalue weighted by Gasteiger charge is 2.50. The second-order valence-corrected chi connectivity index (χ2v) is 10.4. The number of allylic oxidation sites excluding steroid dienone is 2. The predicted octanol–water partition coefficient (Wildman–Crippen LogP) is 4.97. The highest BCUT2D eigenvalue weighted by atomic mass is 32.2. The van der Waals surface area contributed by atoms with Gasteiger partial charge in [0.05, 0.1) is 22.4 Å². The SMILES string of the molecule is Cn1ccc(SN(O)N2CCC3=CC(=Nc4ccc(C(F)(F)F)cc4)C(=CN)CC3(C(=O)c3ccccn3)C2)n1. The number of piperidine rings is 1. The average molecular weight is 570 g/mol. The molecule has 5 rings (SSSR count). The zero-order valence-electron chi connectivity index (χ0n) is 21.4. The van der Waals surface area contributed by atoms with Gasteiger partial charge < -0.3 is 5.73 Å². The van der Waals surface area contributed by atoms with Gasteiger partial charge in [-0.2, -0.15) is 18.3 Å². The van der Waals surface area contributed by atoms with E-state index < -0.39 is 17.2 Å². The van der Waals surface area contributed by atoms with Crippen LogP contribution in [0.5, 0.6) is 0 Å². The summed E-state index contributed by atoms with van der Waals surface area (Å²) < 4.78 is 41.6. The maximum absolute atomic E-state index is 14.1. The molecule has 0 amide bonds. The first-order valence-electron chi connectivity index (χ1n) is 12.3. The van der Waals surface area contributed by atoms with Crippen molar-refractivity contribution < 1.29 is 23.2 Å². The van der Waals surface area contributed by atoms with Crippen LogP contribution >= 0.6 is 11.9 Å². The molecule has 3 N–H and O–H groups in total. The zero-order chi connectivity index (χ0) is 28.5. The number of Topliss-reactive ketones (excluding diaryl/α,β-unsaturated/α-hetero) is 1. The molecule has 2 aromatic heterocycles. The molecule has 1 aliphatic heterocycles. The molecule has 0 radical (unpaired) electrons. The third kappa shape index (κ3) is 5.59. The number of aliphatic imine (C=N–C) groups is 1. The van der Waals surface area contributed by atoms with Crippen LogP contribution in [-0.4, -0.2) is 54.1 Å². The fourth-order valence-electron chi connectivity index (χ4n) is 4.92. The lowest BCUT2D eigenvalue weighted by Crippen LogP contribution is -2.54. The van der Waals surface area contributed by atoms with E-state index in [4.69, 9.17) is 5.73 Å². The lowest BCUT2D eigenvalue weighted by atomic mass is 9.64. The van der Waals surface area contributed by atoms with Crippen molar-refractivity contribution in [3.05, 3.63) is 95.6 Å². The Balaban J connectivity index is 1.51. The lowest BCUT2D eigenvalue weighted by Gasteiger charge is -2.47. The van der Waals surface area contributed by atoms with Crippen LogP contribution < -0.4 is 5.73 Å². The number of carbonyl (C=O) groups is 1. The highest BCUT2D eigenvalue weighted by Crippen LogP contribution is 2.47. The summed E-state index contributed by atoms with van der Waals surface area (Å²) >= 11 is 1.02. The minimum atomic E-state index is -4.45. The molecule has 1 fully saturated rings. The molecule has 0 spiro atoms. The van der Waals surface area contributed by atoms with Crippen molar-refractivity contribution in [2.45, 2.75) is 24.0 Å². The van der Waals surface area contributed by atoms with E-state index in [0.717, 1.165) is 34.2 Å². The lowest BCUT2D eigenvalue weighted by molar-refractivity contribution is -0.171. The number of aryl methyl sites for hydroxylation is 1. The molecule has 1 atom stereocenters. The summed E-state index contributed by atoms with van der Waals surface area (Å²) in [5.41, 5.74) is 6.55. The van der Waals surface area contributed by atoms with Gasteiger partial charge in [-0.1, -0.05) is 16.2 Å². The van der Waals surface area contributed by atoms with Crippen molar-refractivity contribution in [1.82, 2.24) is 24.4 Å². The van der Waals surface area contributed by atoms with Gasteiger partial charge in [-0.25, -0.2) is 10.0 Å². The van der Waals surface area contributed by atoms with Gasteiger partial charge in [0.25, 0.3) is 0 Å². The third-order valence-corrected chi connectivity index (χ3v) is 7.72. The van der Waals surface area contributed by atoms with Crippen molar-refractivity contribution in [1.29, 1.82) is 0 Å². The second-order valence-electron chi connectivity index (χ2n) is 9.52. The predicted molar refractivity (Wildman–Crippen MR) is 143 cm³/mol. The number of nitrogens with zero attached hydrogens (tertiary/aromatic N) is 6. The number of aromatic nitrogens is 3. The highest BCUT2D eigenvalue weighted by molar-refractivity contribution is 7.96. The Hall–Kier alpha value is -3.78. The van der Waals surface area contributed by atoms with E-state index in [1.807, 2.05) is 0 Å². The number of hydrogen-bond donors (Lipinski definition) is 2. The topological polar surface area (TPSA) is 113 Å². The molecule has 208 valence electrons. The summed E-state index contributed by atoms with van der Waals surface area (Å²) in [5.74, 6) is -0.229. The van der Waals surface area contributed by atoms with Crippen molar-refractivity contribution >= 4 is 29.1 Å². The quantitative estimate of drug-likeness (QED) is 0.243. The summed E-state index contributed by atoms with van der Waals surface area (Å²) in [4.78, 5) is 22.9. The van der Waals surface area contributed by atoms with Crippen LogP contribution in [0.15, 0.2) is 94.4 Å². The molecular formula is C27H26F3N7O2S. The number of ketones is 1. The molecule has 1 unspecified atom stereocenters. The van der Waals surface area contributed by atoms with Crippen molar-refractivity contribution in [3.8, 4) is 0 Å². The average Bonchev–Trinajstić information content (AvgIpc) is 3.36. The normalized spacial score (nSPS) is 22.0. The summed E-state index contributed by atoms with van der Waals surface area (Å²) in [6.07, 6.45) is 2.59. The largest absolute Gasteiger partial charge is 0.416 e. The number of alkyl halides is 3. The Bertz CT molecular complexity index is 1490. The van der Waals surface area contributed by atoms with E-state index in [0.29, 0.717) is 35.0 Å². The maximum atomic E-state index is 14.1. The number of hydrogen-bond acceptors (Lipinski definition) is 9. The first-order valence-corrected chi connectivity index (χ1v) is 13.1. The number of nitrogens with two attached hydrogens (primary N) is 1. The molecule has 1 saturated heterocycles. The van der Waals surface area contributed by atoms with E-state index in [1.165, 1.54) is 18.3 Å². The van der Waals surface area contributed by atoms with Crippen molar-refractivity contribution in [2.24, 2.45) is 23.2 Å². The molecule has 13 heteroatoms. The number of pyridine rings is 1. The van der Waals surface area contributed by atoms with Crippen LogP contribution in [0.4, 0.5) is 18.9 Å². The number of carbonyl (C=O) groups excluding carboxylic acids is 1. The van der Waals surface area contributed by atoms with E-state index in [9.17, 15) is 23.2 Å². The minimum Gasteiger partial charge on any atom is -0.404 e. The van der Waals surface area contributed by atoms with Crippen LogP contribution in [0, 0.1) is 5.41 Å². The van der Waals surface area contributed by atoms with Gasteiger partial charge in [-0.05, 0) is 73.2 Å². The van der Waals surface area contributed by atoms with E-state index in [2.05, 4.69) is 15.1 Å². The number of benzene rings is 1. The monoisotopic (exact) mass is 569 g/mol. The van der Waals surface area contributed by atoms with Gasteiger partial charge in [0.1, 0.15) is 10.7 Å². The van der Waals surface area contributed by atoms with Gasteiger partial charge in [0, 0.05) is 44.5 Å². The van der Waals surface area contributed by atoms with E-state index in [-0.39, 0.29) is 24.4 Å². The Morgan fingerprint density at radius 3 is 2.62 bits per heavy atom. The Kier molecular flexibility index (Phi) is 7.64. The molecule has 0 bridgehead atoms. The first-order chi connectivity index (χ1) is 19.1. The molecule has 3 heterocycles. The molecule has 2 aliphatic rings. The van der Waals surface area contributed by atoms with Gasteiger partial charge in [-0.3, -0.25) is 19.7 Å². The van der Waals surface area contributed by atoms with Gasteiger partial charge in [-0.15, -0.1) is 0 Å². The van der Waals surface area contributed by atoms with Gasteiger partial charge in [0.15, 0.2) is 5.78 Å². The van der Waals surface area contributed by atoms with Crippen molar-refractivity contribution in [2.75, 3.05) is 13.1 Å². The maximum Gasteiger partial charge on any atom is 0.416 e. The molecule has 40 heavy (non-hydrogen) atoms. The third-order valence-electron chi connectivity index (χ3n) is 6.92. The van der Waals surface area contributed by atoms with Crippen LogP contribution in [-0.2, 0) is 13.2 Å². The first kappa shape index (κ1) is 27.8. The Labute approximate surface area is 232 Å². The fourth-order valence-corrected chi connectivity index (χ4v) is 5.63. The van der Waals surface area contributed by atoms with Gasteiger partial charge in [0.2, 0.25) is 0 Å². The second kappa shape index (κ2) is 11.0. The molecule has 0 saturated carbocycles. The summed E-state index contributed by atoms with van der Waals surface area (Å²) in [6, 6.07) is 11.4. The summed E-state index contributed by atoms with van der Waals surface area (Å²) in [7, 11) is 1.77. The molecule has 1 aliphatic carbocycles. The summed E-state index contributed by atoms with van der Waals surface area (Å²) in [5, 5.41) is 17.5. The van der Waals surface area contributed by atoms with Crippen LogP contribution in [0.25, 0.3) is 0 Å².